The molecule has 0 amide bonds. The normalized spacial score (nSPS) is 10.5. The molecular formula is C12H10ClFN4S. The van der Waals surface area contributed by atoms with Gasteiger partial charge in [-0.1, -0.05) is 18.2 Å². The first-order valence-corrected chi connectivity index (χ1v) is 6.43. The third-order valence-corrected chi connectivity index (χ3v) is 3.18. The molecule has 0 aliphatic carbocycles. The van der Waals surface area contributed by atoms with Gasteiger partial charge in [0.05, 0.1) is 16.4 Å². The number of nitrogens with two attached hydrogens (primary N) is 2. The van der Waals surface area contributed by atoms with Crippen LogP contribution in [-0.2, 0) is 0 Å². The molecule has 1 heterocycles. The Morgan fingerprint density at radius 1 is 1.32 bits per heavy atom. The van der Waals surface area contributed by atoms with Crippen LogP contribution in [0.4, 0.5) is 10.3 Å². The fraction of sp³-hybridized carbons (Fsp3) is 0. The van der Waals surface area contributed by atoms with E-state index in [4.69, 9.17) is 22.5 Å². The molecule has 0 saturated carbocycles. The van der Waals surface area contributed by atoms with E-state index in [-0.39, 0.29) is 11.0 Å². The summed E-state index contributed by atoms with van der Waals surface area (Å²) in [6, 6.07) is 5.69. The lowest BCUT2D eigenvalue weighted by Gasteiger charge is -2.08. The summed E-state index contributed by atoms with van der Waals surface area (Å²) in [4.78, 5) is 8.66. The molecule has 2 aromatic rings. The summed E-state index contributed by atoms with van der Waals surface area (Å²) in [5, 5.41) is 5.68. The molecule has 0 spiro atoms. The van der Waals surface area contributed by atoms with Crippen molar-refractivity contribution >= 4 is 34.4 Å². The van der Waals surface area contributed by atoms with Gasteiger partial charge in [0.1, 0.15) is 5.82 Å². The average molecular weight is 297 g/mol. The van der Waals surface area contributed by atoms with Gasteiger partial charge in [-0.15, -0.1) is 0 Å². The van der Waals surface area contributed by atoms with Crippen LogP contribution in [-0.4, -0.2) is 9.97 Å². The van der Waals surface area contributed by atoms with Gasteiger partial charge < -0.3 is 5.73 Å². The lowest BCUT2D eigenvalue weighted by atomic mass is 10.1. The number of rotatable bonds is 3. The van der Waals surface area contributed by atoms with Gasteiger partial charge >= 0.3 is 0 Å². The zero-order valence-electron chi connectivity index (χ0n) is 9.73. The van der Waals surface area contributed by atoms with Gasteiger partial charge in [-0.05, 0) is 36.2 Å². The predicted octanol–water partition coefficient (Wildman–Crippen LogP) is 3.10. The molecule has 0 radical (unpaired) electrons. The van der Waals surface area contributed by atoms with Gasteiger partial charge in [0.15, 0.2) is 0 Å². The molecule has 1 aromatic heterocycles. The van der Waals surface area contributed by atoms with Gasteiger partial charge in [0.25, 0.3) is 0 Å². The Morgan fingerprint density at radius 2 is 2.05 bits per heavy atom. The van der Waals surface area contributed by atoms with Gasteiger partial charge in [-0.3, -0.25) is 5.14 Å². The third-order valence-electron chi connectivity index (χ3n) is 2.38. The van der Waals surface area contributed by atoms with E-state index >= 15 is 0 Å². The molecule has 19 heavy (non-hydrogen) atoms. The second-order valence-electron chi connectivity index (χ2n) is 3.66. The van der Waals surface area contributed by atoms with Crippen molar-refractivity contribution in [3.8, 4) is 11.3 Å². The van der Waals surface area contributed by atoms with E-state index in [1.54, 1.807) is 6.07 Å². The van der Waals surface area contributed by atoms with E-state index in [1.807, 2.05) is 0 Å². The van der Waals surface area contributed by atoms with Crippen LogP contribution in [0, 0.1) is 5.82 Å². The zero-order chi connectivity index (χ0) is 14.0. The Kier molecular flexibility index (Phi) is 4.04. The molecule has 0 bridgehead atoms. The highest BCUT2D eigenvalue weighted by molar-refractivity contribution is 8.06. The third kappa shape index (κ3) is 3.04. The molecule has 0 unspecified atom stereocenters. The molecule has 0 atom stereocenters. The van der Waals surface area contributed by atoms with Crippen molar-refractivity contribution in [3.63, 3.8) is 0 Å². The van der Waals surface area contributed by atoms with Gasteiger partial charge in [-0.2, -0.15) is 0 Å². The Hall–Kier alpha value is -1.63. The minimum atomic E-state index is -0.419. The van der Waals surface area contributed by atoms with Crippen LogP contribution in [0.3, 0.4) is 0 Å². The lowest BCUT2D eigenvalue weighted by Crippen LogP contribution is -2.00. The van der Waals surface area contributed by atoms with Crippen molar-refractivity contribution in [2.45, 2.75) is 0 Å². The van der Waals surface area contributed by atoms with Crippen molar-refractivity contribution in [1.29, 1.82) is 0 Å². The van der Waals surface area contributed by atoms with Crippen molar-refractivity contribution in [3.05, 3.63) is 47.4 Å². The highest BCUT2D eigenvalue weighted by Crippen LogP contribution is 2.30. The topological polar surface area (TPSA) is 77.8 Å². The maximum atomic E-state index is 13.0. The maximum Gasteiger partial charge on any atom is 0.221 e. The van der Waals surface area contributed by atoms with Crippen LogP contribution < -0.4 is 10.9 Å². The summed E-state index contributed by atoms with van der Waals surface area (Å²) < 4.78 is 13.0. The van der Waals surface area contributed by atoms with Crippen LogP contribution >= 0.6 is 23.5 Å². The Balaban J connectivity index is 2.56. The molecule has 2 rings (SSSR count). The number of hydrogen-bond donors (Lipinski definition) is 2. The minimum Gasteiger partial charge on any atom is -0.368 e. The lowest BCUT2D eigenvalue weighted by molar-refractivity contribution is 0.628. The predicted molar refractivity (Wildman–Crippen MR) is 77.7 cm³/mol. The molecule has 98 valence electrons. The SMILES string of the molecule is C=C(SN)c1cc(-c2ccc(F)cc2Cl)nc(N)n1. The summed E-state index contributed by atoms with van der Waals surface area (Å²) in [6.45, 7) is 3.76. The highest BCUT2D eigenvalue weighted by atomic mass is 35.5. The van der Waals surface area contributed by atoms with Crippen molar-refractivity contribution in [2.24, 2.45) is 5.14 Å². The van der Waals surface area contributed by atoms with Crippen LogP contribution in [0.2, 0.25) is 5.02 Å². The fourth-order valence-corrected chi connectivity index (χ4v) is 1.99. The molecule has 7 heteroatoms. The second-order valence-corrected chi connectivity index (χ2v) is 4.80. The maximum absolute atomic E-state index is 13.0. The summed E-state index contributed by atoms with van der Waals surface area (Å²) >= 11 is 6.95. The number of benzene rings is 1. The Morgan fingerprint density at radius 3 is 2.68 bits per heavy atom. The summed E-state index contributed by atoms with van der Waals surface area (Å²) in [7, 11) is 0. The van der Waals surface area contributed by atoms with E-state index in [0.717, 1.165) is 11.9 Å². The average Bonchev–Trinajstić information content (AvgIpc) is 2.37. The van der Waals surface area contributed by atoms with E-state index in [1.165, 1.54) is 18.2 Å². The molecule has 0 aliphatic heterocycles. The van der Waals surface area contributed by atoms with Crippen molar-refractivity contribution < 1.29 is 4.39 Å². The molecular weight excluding hydrogens is 287 g/mol. The fourth-order valence-electron chi connectivity index (χ4n) is 1.50. The Labute approximate surface area is 118 Å². The van der Waals surface area contributed by atoms with Crippen LogP contribution in [0.1, 0.15) is 5.69 Å². The van der Waals surface area contributed by atoms with Gasteiger partial charge in [-0.25, -0.2) is 14.4 Å². The van der Waals surface area contributed by atoms with E-state index in [9.17, 15) is 4.39 Å². The molecule has 0 fully saturated rings. The number of hydrogen-bond acceptors (Lipinski definition) is 5. The van der Waals surface area contributed by atoms with E-state index in [2.05, 4.69) is 16.5 Å². The van der Waals surface area contributed by atoms with E-state index < -0.39 is 5.82 Å². The van der Waals surface area contributed by atoms with Crippen molar-refractivity contribution in [1.82, 2.24) is 9.97 Å². The summed E-state index contributed by atoms with van der Waals surface area (Å²) in [5.41, 5.74) is 7.20. The molecule has 0 saturated heterocycles. The van der Waals surface area contributed by atoms with Crippen LogP contribution in [0.5, 0.6) is 0 Å². The number of nitrogen functional groups attached to an aromatic ring is 1. The number of halogens is 2. The summed E-state index contributed by atoms with van der Waals surface area (Å²) in [5.74, 6) is -0.346. The first kappa shape index (κ1) is 13.8. The quantitative estimate of drug-likeness (QED) is 0.851. The number of aromatic nitrogens is 2. The zero-order valence-corrected chi connectivity index (χ0v) is 11.3. The second kappa shape index (κ2) is 5.56. The molecule has 4 N–H and O–H groups in total. The molecule has 4 nitrogen and oxygen atoms in total. The monoisotopic (exact) mass is 296 g/mol. The number of nitrogens with zero attached hydrogens (tertiary/aromatic N) is 2. The minimum absolute atomic E-state index is 0.0723. The molecule has 1 aromatic carbocycles. The Bertz CT molecular complexity index is 648. The van der Waals surface area contributed by atoms with Gasteiger partial charge in [0, 0.05) is 10.5 Å². The van der Waals surface area contributed by atoms with Gasteiger partial charge in [0.2, 0.25) is 5.95 Å². The van der Waals surface area contributed by atoms with Crippen molar-refractivity contribution in [2.75, 3.05) is 5.73 Å². The summed E-state index contributed by atoms with van der Waals surface area (Å²) in [6.07, 6.45) is 0. The molecule has 0 aliphatic rings. The first-order valence-electron chi connectivity index (χ1n) is 5.17. The van der Waals surface area contributed by atoms with Crippen LogP contribution in [0.15, 0.2) is 30.8 Å². The first-order chi connectivity index (χ1) is 9.01. The van der Waals surface area contributed by atoms with Crippen LogP contribution in [0.25, 0.3) is 16.2 Å². The largest absolute Gasteiger partial charge is 0.368 e. The highest BCUT2D eigenvalue weighted by Gasteiger charge is 2.10. The van der Waals surface area contributed by atoms with E-state index in [0.29, 0.717) is 21.9 Å². The smallest absolute Gasteiger partial charge is 0.221 e. The standard InChI is InChI=1S/C12H10ClFN4S/c1-6(19-16)10-5-11(18-12(15)17-10)8-3-2-7(14)4-9(8)13/h2-5H,1,16H2,(H2,15,17,18). The number of anilines is 1.